The van der Waals surface area contributed by atoms with E-state index in [0.717, 1.165) is 18.8 Å². The van der Waals surface area contributed by atoms with Crippen molar-refractivity contribution in [2.75, 3.05) is 7.11 Å². The quantitative estimate of drug-likeness (QED) is 0.705. The molecule has 12 heavy (non-hydrogen) atoms. The largest absolute Gasteiger partial charge is 0.390 e. The Morgan fingerprint density at radius 2 is 2.17 bits per heavy atom. The van der Waals surface area contributed by atoms with E-state index in [1.165, 1.54) is 19.3 Å². The molecule has 0 amide bonds. The van der Waals surface area contributed by atoms with Crippen LogP contribution in [0.15, 0.2) is 0 Å². The number of hydrogen-bond donors (Lipinski definition) is 1. The van der Waals surface area contributed by atoms with Crippen LogP contribution in [0, 0.1) is 5.92 Å². The number of aliphatic hydroxyl groups excluding tert-OH is 1. The van der Waals surface area contributed by atoms with Crippen LogP contribution in [0.3, 0.4) is 0 Å². The molecule has 0 aromatic carbocycles. The van der Waals surface area contributed by atoms with Crippen molar-refractivity contribution in [2.45, 2.75) is 51.2 Å². The first-order valence-corrected chi connectivity index (χ1v) is 4.98. The molecule has 1 rings (SSSR count). The van der Waals surface area contributed by atoms with Crippen LogP contribution in [0.25, 0.3) is 0 Å². The lowest BCUT2D eigenvalue weighted by Crippen LogP contribution is -2.35. The van der Waals surface area contributed by atoms with Gasteiger partial charge in [0.25, 0.3) is 0 Å². The zero-order valence-electron chi connectivity index (χ0n) is 8.12. The maximum absolute atomic E-state index is 9.53. The normalized spacial score (nSPS) is 36.8. The molecule has 0 aromatic heterocycles. The predicted molar refractivity (Wildman–Crippen MR) is 49.1 cm³/mol. The lowest BCUT2D eigenvalue weighted by atomic mass is 9.83. The van der Waals surface area contributed by atoms with Crippen molar-refractivity contribution in [3.8, 4) is 0 Å². The van der Waals surface area contributed by atoms with Crippen molar-refractivity contribution in [3.05, 3.63) is 0 Å². The molecule has 1 N–H and O–H groups in total. The van der Waals surface area contributed by atoms with Gasteiger partial charge in [0.05, 0.1) is 12.2 Å². The fourth-order valence-corrected chi connectivity index (χ4v) is 2.12. The van der Waals surface area contributed by atoms with Gasteiger partial charge in [-0.05, 0) is 25.2 Å². The summed E-state index contributed by atoms with van der Waals surface area (Å²) in [6, 6.07) is 0. The molecule has 2 nitrogen and oxygen atoms in total. The summed E-state index contributed by atoms with van der Waals surface area (Å²) in [5.74, 6) is 0.781. The first-order chi connectivity index (χ1) is 5.77. The van der Waals surface area contributed by atoms with Crippen LogP contribution in [-0.2, 0) is 4.74 Å². The van der Waals surface area contributed by atoms with Crippen molar-refractivity contribution < 1.29 is 9.84 Å². The Morgan fingerprint density at radius 1 is 1.42 bits per heavy atom. The molecule has 1 fully saturated rings. The van der Waals surface area contributed by atoms with Crippen LogP contribution in [-0.4, -0.2) is 24.4 Å². The van der Waals surface area contributed by atoms with E-state index < -0.39 is 0 Å². The first-order valence-electron chi connectivity index (χ1n) is 4.98. The van der Waals surface area contributed by atoms with Crippen molar-refractivity contribution in [2.24, 2.45) is 5.92 Å². The highest BCUT2D eigenvalue weighted by Gasteiger charge is 2.28. The maximum Gasteiger partial charge on any atom is 0.0832 e. The summed E-state index contributed by atoms with van der Waals surface area (Å²) in [6.45, 7) is 2.22. The Hall–Kier alpha value is -0.0800. The minimum absolute atomic E-state index is 0.0929. The topological polar surface area (TPSA) is 29.5 Å². The third kappa shape index (κ3) is 2.46. The van der Waals surface area contributed by atoms with Gasteiger partial charge in [-0.15, -0.1) is 0 Å². The monoisotopic (exact) mass is 172 g/mol. The molecule has 1 aliphatic carbocycles. The van der Waals surface area contributed by atoms with Gasteiger partial charge >= 0.3 is 0 Å². The summed E-state index contributed by atoms with van der Waals surface area (Å²) < 4.78 is 5.23. The summed E-state index contributed by atoms with van der Waals surface area (Å²) in [5.41, 5.74) is 0. The van der Waals surface area contributed by atoms with Crippen molar-refractivity contribution >= 4 is 0 Å². The van der Waals surface area contributed by atoms with Gasteiger partial charge in [-0.1, -0.05) is 19.8 Å². The molecule has 0 aromatic rings. The van der Waals surface area contributed by atoms with Gasteiger partial charge in [0, 0.05) is 7.11 Å². The Labute approximate surface area is 74.9 Å². The number of rotatable bonds is 3. The number of ether oxygens (including phenoxy) is 1. The Kier molecular flexibility index (Phi) is 4.02. The van der Waals surface area contributed by atoms with Gasteiger partial charge < -0.3 is 9.84 Å². The molecule has 1 saturated carbocycles. The third-order valence-electron chi connectivity index (χ3n) is 2.87. The Bertz CT molecular complexity index is 125. The van der Waals surface area contributed by atoms with Crippen LogP contribution in [0.2, 0.25) is 0 Å². The van der Waals surface area contributed by atoms with Crippen molar-refractivity contribution in [1.29, 1.82) is 0 Å². The minimum Gasteiger partial charge on any atom is -0.390 e. The second-order valence-electron chi connectivity index (χ2n) is 3.81. The number of aliphatic hydroxyl groups is 1. The molecule has 2 heteroatoms. The summed E-state index contributed by atoms with van der Waals surface area (Å²) in [5, 5.41) is 9.53. The SMILES string of the molecule is CCC[C@@H]1CC[C@H](O)[C@@H](OC)C1. The van der Waals surface area contributed by atoms with E-state index in [1.54, 1.807) is 7.11 Å². The third-order valence-corrected chi connectivity index (χ3v) is 2.87. The van der Waals surface area contributed by atoms with Crippen LogP contribution in [0.5, 0.6) is 0 Å². The second kappa shape index (κ2) is 4.83. The average molecular weight is 172 g/mol. The fourth-order valence-electron chi connectivity index (χ4n) is 2.12. The number of methoxy groups -OCH3 is 1. The van der Waals surface area contributed by atoms with Gasteiger partial charge in [0.15, 0.2) is 0 Å². The lowest BCUT2D eigenvalue weighted by molar-refractivity contribution is -0.0513. The highest BCUT2D eigenvalue weighted by molar-refractivity contribution is 4.79. The molecular weight excluding hydrogens is 152 g/mol. The molecule has 0 bridgehead atoms. The number of hydrogen-bond acceptors (Lipinski definition) is 2. The highest BCUT2D eigenvalue weighted by Crippen LogP contribution is 2.29. The molecule has 3 atom stereocenters. The predicted octanol–water partition coefficient (Wildman–Crippen LogP) is 1.96. The van der Waals surface area contributed by atoms with Gasteiger partial charge in [-0.2, -0.15) is 0 Å². The molecule has 0 radical (unpaired) electrons. The van der Waals surface area contributed by atoms with Crippen LogP contribution < -0.4 is 0 Å². The summed E-state index contributed by atoms with van der Waals surface area (Å²) >= 11 is 0. The van der Waals surface area contributed by atoms with Crippen LogP contribution >= 0.6 is 0 Å². The van der Waals surface area contributed by atoms with Gasteiger partial charge in [0.2, 0.25) is 0 Å². The molecule has 72 valence electrons. The molecule has 1 aliphatic rings. The second-order valence-corrected chi connectivity index (χ2v) is 3.81. The van der Waals surface area contributed by atoms with Gasteiger partial charge in [-0.25, -0.2) is 0 Å². The lowest BCUT2D eigenvalue weighted by Gasteiger charge is -2.32. The molecule has 0 saturated heterocycles. The molecule has 0 spiro atoms. The Balaban J connectivity index is 2.33. The minimum atomic E-state index is -0.219. The molecule has 0 aliphatic heterocycles. The van der Waals surface area contributed by atoms with E-state index in [2.05, 4.69) is 6.92 Å². The molecular formula is C10H20O2. The summed E-state index contributed by atoms with van der Waals surface area (Å²) in [6.07, 6.45) is 5.55. The van der Waals surface area contributed by atoms with Crippen LogP contribution in [0.1, 0.15) is 39.0 Å². The van der Waals surface area contributed by atoms with E-state index in [1.807, 2.05) is 0 Å². The smallest absolute Gasteiger partial charge is 0.0832 e. The van der Waals surface area contributed by atoms with Crippen LogP contribution in [0.4, 0.5) is 0 Å². The zero-order valence-corrected chi connectivity index (χ0v) is 8.12. The fraction of sp³-hybridized carbons (Fsp3) is 1.00. The van der Waals surface area contributed by atoms with Gasteiger partial charge in [-0.3, -0.25) is 0 Å². The van der Waals surface area contributed by atoms with Crippen molar-refractivity contribution in [3.63, 3.8) is 0 Å². The van der Waals surface area contributed by atoms with E-state index in [0.29, 0.717) is 0 Å². The Morgan fingerprint density at radius 3 is 2.75 bits per heavy atom. The van der Waals surface area contributed by atoms with Gasteiger partial charge in [0.1, 0.15) is 0 Å². The molecule has 0 heterocycles. The van der Waals surface area contributed by atoms with E-state index >= 15 is 0 Å². The van der Waals surface area contributed by atoms with E-state index in [9.17, 15) is 5.11 Å². The summed E-state index contributed by atoms with van der Waals surface area (Å²) in [4.78, 5) is 0. The average Bonchev–Trinajstić information content (AvgIpc) is 2.09. The van der Waals surface area contributed by atoms with E-state index in [-0.39, 0.29) is 12.2 Å². The standard InChI is InChI=1S/C10H20O2/c1-3-4-8-5-6-9(11)10(7-8)12-2/h8-11H,3-7H2,1-2H3/t8-,9+,10+/m1/s1. The van der Waals surface area contributed by atoms with Crippen molar-refractivity contribution in [1.82, 2.24) is 0 Å². The first kappa shape index (κ1) is 10.0. The molecule has 0 unspecified atom stereocenters. The maximum atomic E-state index is 9.53. The van der Waals surface area contributed by atoms with E-state index in [4.69, 9.17) is 4.74 Å². The summed E-state index contributed by atoms with van der Waals surface area (Å²) in [7, 11) is 1.70. The highest BCUT2D eigenvalue weighted by atomic mass is 16.5. The zero-order chi connectivity index (χ0) is 8.97.